The maximum atomic E-state index is 11.9. The fraction of sp³-hybridized carbons (Fsp3) is 0.533. The highest BCUT2D eigenvalue weighted by Gasteiger charge is 2.27. The molecule has 3 heterocycles. The third-order valence-electron chi connectivity index (χ3n) is 3.80. The molecule has 0 saturated carbocycles. The van der Waals surface area contributed by atoms with E-state index in [4.69, 9.17) is 4.74 Å². The molecular formula is C15H20N4O2. The summed E-state index contributed by atoms with van der Waals surface area (Å²) in [6, 6.07) is 1.89. The molecule has 6 heteroatoms. The summed E-state index contributed by atoms with van der Waals surface area (Å²) in [4.78, 5) is 22.9. The molecule has 21 heavy (non-hydrogen) atoms. The first-order chi connectivity index (χ1) is 10.3. The van der Waals surface area contributed by atoms with Gasteiger partial charge in [-0.25, -0.2) is 9.97 Å². The van der Waals surface area contributed by atoms with Gasteiger partial charge in [0, 0.05) is 31.7 Å². The molecule has 0 N–H and O–H groups in total. The highest BCUT2D eigenvalue weighted by molar-refractivity contribution is 5.72. The number of imidazole rings is 1. The van der Waals surface area contributed by atoms with Crippen LogP contribution in [0.25, 0.3) is 5.78 Å². The average Bonchev–Trinajstić information content (AvgIpc) is 2.90. The predicted octanol–water partition coefficient (Wildman–Crippen LogP) is 1.50. The van der Waals surface area contributed by atoms with Crippen molar-refractivity contribution in [3.63, 3.8) is 0 Å². The molecule has 0 amide bonds. The molecule has 1 atom stereocenters. The van der Waals surface area contributed by atoms with Crippen LogP contribution in [0, 0.1) is 5.92 Å². The molecule has 0 radical (unpaired) electrons. The van der Waals surface area contributed by atoms with Gasteiger partial charge in [-0.3, -0.25) is 14.1 Å². The van der Waals surface area contributed by atoms with Crippen molar-refractivity contribution in [2.75, 3.05) is 19.7 Å². The summed E-state index contributed by atoms with van der Waals surface area (Å²) in [5, 5.41) is 0. The van der Waals surface area contributed by atoms with Crippen LogP contribution in [0.5, 0.6) is 0 Å². The SMILES string of the molecule is CCOC(=O)[C@H]1CCCN(Cc2cn3cccnc3n2)C1. The smallest absolute Gasteiger partial charge is 0.310 e. The zero-order valence-electron chi connectivity index (χ0n) is 12.2. The number of piperidine rings is 1. The monoisotopic (exact) mass is 288 g/mol. The van der Waals surface area contributed by atoms with Crippen LogP contribution in [0.2, 0.25) is 0 Å². The third-order valence-corrected chi connectivity index (χ3v) is 3.80. The fourth-order valence-corrected chi connectivity index (χ4v) is 2.84. The summed E-state index contributed by atoms with van der Waals surface area (Å²) in [5.41, 5.74) is 0.984. The predicted molar refractivity (Wildman–Crippen MR) is 77.6 cm³/mol. The molecule has 0 unspecified atom stereocenters. The van der Waals surface area contributed by atoms with E-state index in [1.165, 1.54) is 0 Å². The summed E-state index contributed by atoms with van der Waals surface area (Å²) in [5.74, 6) is 0.638. The number of aromatic nitrogens is 3. The van der Waals surface area contributed by atoms with Crippen LogP contribution < -0.4 is 0 Å². The van der Waals surface area contributed by atoms with Crippen LogP contribution in [0.4, 0.5) is 0 Å². The molecule has 6 nitrogen and oxygen atoms in total. The summed E-state index contributed by atoms with van der Waals surface area (Å²) in [6.45, 7) is 4.80. The van der Waals surface area contributed by atoms with Crippen molar-refractivity contribution in [1.82, 2.24) is 19.3 Å². The number of carbonyl (C=O) groups excluding carboxylic acids is 1. The van der Waals surface area contributed by atoms with Crippen LogP contribution in [0.15, 0.2) is 24.7 Å². The molecule has 112 valence electrons. The Labute approximate surface area is 123 Å². The fourth-order valence-electron chi connectivity index (χ4n) is 2.84. The van der Waals surface area contributed by atoms with Gasteiger partial charge in [0.25, 0.3) is 0 Å². The summed E-state index contributed by atoms with van der Waals surface area (Å²) in [7, 11) is 0. The second-order valence-corrected chi connectivity index (χ2v) is 5.39. The zero-order valence-corrected chi connectivity index (χ0v) is 12.2. The Morgan fingerprint density at radius 3 is 3.24 bits per heavy atom. The van der Waals surface area contributed by atoms with Crippen molar-refractivity contribution in [2.45, 2.75) is 26.3 Å². The van der Waals surface area contributed by atoms with Gasteiger partial charge in [0.15, 0.2) is 0 Å². The number of fused-ring (bicyclic) bond motifs is 1. The molecule has 3 rings (SSSR count). The van der Waals surface area contributed by atoms with E-state index in [0.29, 0.717) is 12.4 Å². The Morgan fingerprint density at radius 1 is 1.52 bits per heavy atom. The van der Waals surface area contributed by atoms with Crippen molar-refractivity contribution >= 4 is 11.7 Å². The van der Waals surface area contributed by atoms with E-state index >= 15 is 0 Å². The molecule has 1 fully saturated rings. The molecule has 2 aromatic rings. The molecule has 0 bridgehead atoms. The molecule has 0 aromatic carbocycles. The average molecular weight is 288 g/mol. The van der Waals surface area contributed by atoms with Crippen LogP contribution in [0.1, 0.15) is 25.5 Å². The summed E-state index contributed by atoms with van der Waals surface area (Å²) < 4.78 is 7.05. The lowest BCUT2D eigenvalue weighted by Gasteiger charge is -2.30. The largest absolute Gasteiger partial charge is 0.466 e. The second-order valence-electron chi connectivity index (χ2n) is 5.39. The maximum Gasteiger partial charge on any atom is 0.310 e. The van der Waals surface area contributed by atoms with Gasteiger partial charge in [0.2, 0.25) is 5.78 Å². The minimum Gasteiger partial charge on any atom is -0.466 e. The van der Waals surface area contributed by atoms with Gasteiger partial charge in [-0.2, -0.15) is 0 Å². The number of likely N-dealkylation sites (tertiary alicyclic amines) is 1. The summed E-state index contributed by atoms with van der Waals surface area (Å²) >= 11 is 0. The highest BCUT2D eigenvalue weighted by atomic mass is 16.5. The quantitative estimate of drug-likeness (QED) is 0.798. The van der Waals surface area contributed by atoms with E-state index in [0.717, 1.165) is 38.2 Å². The Bertz CT molecular complexity index is 592. The number of nitrogens with zero attached hydrogens (tertiary/aromatic N) is 4. The first kappa shape index (κ1) is 14.0. The van der Waals surface area contributed by atoms with Crippen molar-refractivity contribution in [3.05, 3.63) is 30.4 Å². The normalized spacial score (nSPS) is 19.8. The van der Waals surface area contributed by atoms with Crippen LogP contribution in [0.3, 0.4) is 0 Å². The zero-order chi connectivity index (χ0) is 14.7. The number of hydrogen-bond acceptors (Lipinski definition) is 5. The number of esters is 1. The molecule has 0 spiro atoms. The Balaban J connectivity index is 1.65. The Kier molecular flexibility index (Phi) is 4.15. The van der Waals surface area contributed by atoms with E-state index in [9.17, 15) is 4.79 Å². The standard InChI is InChI=1S/C15H20N4O2/c1-2-21-14(20)12-5-3-7-18(9-12)10-13-11-19-8-4-6-16-15(19)17-13/h4,6,8,11-12H,2-3,5,7,9-10H2,1H3/t12-/m0/s1. The van der Waals surface area contributed by atoms with Gasteiger partial charge in [0.1, 0.15) is 0 Å². The van der Waals surface area contributed by atoms with Crippen molar-refractivity contribution in [1.29, 1.82) is 0 Å². The lowest BCUT2D eigenvalue weighted by Crippen LogP contribution is -2.39. The summed E-state index contributed by atoms with van der Waals surface area (Å²) in [6.07, 6.45) is 7.62. The molecule has 1 aliphatic rings. The first-order valence-corrected chi connectivity index (χ1v) is 7.44. The van der Waals surface area contributed by atoms with Gasteiger partial charge in [-0.05, 0) is 32.4 Å². The Morgan fingerprint density at radius 2 is 2.43 bits per heavy atom. The van der Waals surface area contributed by atoms with E-state index in [1.54, 1.807) is 6.20 Å². The number of hydrogen-bond donors (Lipinski definition) is 0. The van der Waals surface area contributed by atoms with E-state index in [2.05, 4.69) is 14.9 Å². The first-order valence-electron chi connectivity index (χ1n) is 7.44. The number of ether oxygens (including phenoxy) is 1. The van der Waals surface area contributed by atoms with Crippen LogP contribution in [-0.2, 0) is 16.1 Å². The molecule has 2 aromatic heterocycles. The second kappa shape index (κ2) is 6.22. The number of carbonyl (C=O) groups is 1. The van der Waals surface area contributed by atoms with Crippen LogP contribution >= 0.6 is 0 Å². The van der Waals surface area contributed by atoms with Crippen molar-refractivity contribution in [2.24, 2.45) is 5.92 Å². The topological polar surface area (TPSA) is 59.7 Å². The third kappa shape index (κ3) is 3.21. The van der Waals surface area contributed by atoms with Gasteiger partial charge in [-0.15, -0.1) is 0 Å². The van der Waals surface area contributed by atoms with Crippen molar-refractivity contribution < 1.29 is 9.53 Å². The molecule has 1 saturated heterocycles. The van der Waals surface area contributed by atoms with E-state index in [-0.39, 0.29) is 11.9 Å². The van der Waals surface area contributed by atoms with Gasteiger partial charge in [0.05, 0.1) is 18.2 Å². The van der Waals surface area contributed by atoms with Gasteiger partial charge >= 0.3 is 5.97 Å². The van der Waals surface area contributed by atoms with Crippen LogP contribution in [-0.4, -0.2) is 44.9 Å². The Hall–Kier alpha value is -1.95. The van der Waals surface area contributed by atoms with E-state index < -0.39 is 0 Å². The van der Waals surface area contributed by atoms with Gasteiger partial charge in [-0.1, -0.05) is 0 Å². The molecule has 1 aliphatic heterocycles. The van der Waals surface area contributed by atoms with Gasteiger partial charge < -0.3 is 4.74 Å². The lowest BCUT2D eigenvalue weighted by molar-refractivity contribution is -0.150. The van der Waals surface area contributed by atoms with Crippen molar-refractivity contribution in [3.8, 4) is 0 Å². The minimum absolute atomic E-state index is 0.00569. The highest BCUT2D eigenvalue weighted by Crippen LogP contribution is 2.19. The minimum atomic E-state index is -0.0705. The maximum absolute atomic E-state index is 11.9. The van der Waals surface area contributed by atoms with E-state index in [1.807, 2.05) is 29.8 Å². The number of rotatable bonds is 4. The molecular weight excluding hydrogens is 268 g/mol. The molecule has 0 aliphatic carbocycles. The lowest BCUT2D eigenvalue weighted by atomic mass is 9.98.